The van der Waals surface area contributed by atoms with E-state index < -0.39 is 0 Å². The Hall–Kier alpha value is -1.23. The molecule has 0 aliphatic heterocycles. The molecule has 2 atom stereocenters. The summed E-state index contributed by atoms with van der Waals surface area (Å²) < 4.78 is 5.70. The number of hydrogen-bond donors (Lipinski definition) is 1. The smallest absolute Gasteiger partial charge is 0.336 e. The lowest BCUT2D eigenvalue weighted by molar-refractivity contribution is 0.130. The molecule has 0 aromatic carbocycles. The van der Waals surface area contributed by atoms with Gasteiger partial charge in [0.1, 0.15) is 6.10 Å². The predicted octanol–water partition coefficient (Wildman–Crippen LogP) is 1.14. The fourth-order valence-electron chi connectivity index (χ4n) is 1.92. The molecule has 2 rings (SSSR count). The van der Waals surface area contributed by atoms with Gasteiger partial charge >= 0.3 is 6.01 Å². The third kappa shape index (κ3) is 2.66. The molecule has 1 heterocycles. The van der Waals surface area contributed by atoms with Crippen molar-refractivity contribution in [1.29, 1.82) is 0 Å². The standard InChI is InChI=1S/C11H18N4O/c1-7-8(2)14-15-11(13-7)16-10-5-3-4-9(12)6-10/h9-10H,3-6,12H2,1-2H3. The fraction of sp³-hybridized carbons (Fsp3) is 0.727. The summed E-state index contributed by atoms with van der Waals surface area (Å²) in [5.41, 5.74) is 7.60. The molecule has 1 aromatic rings. The first-order valence-electron chi connectivity index (χ1n) is 5.75. The monoisotopic (exact) mass is 222 g/mol. The minimum atomic E-state index is 0.146. The summed E-state index contributed by atoms with van der Waals surface area (Å²) in [6.45, 7) is 3.79. The largest absolute Gasteiger partial charge is 0.459 e. The van der Waals surface area contributed by atoms with E-state index in [-0.39, 0.29) is 12.1 Å². The highest BCUT2D eigenvalue weighted by Crippen LogP contribution is 2.20. The van der Waals surface area contributed by atoms with Crippen LogP contribution in [-0.4, -0.2) is 27.3 Å². The predicted molar refractivity (Wildman–Crippen MR) is 60.2 cm³/mol. The third-order valence-corrected chi connectivity index (χ3v) is 3.01. The van der Waals surface area contributed by atoms with Gasteiger partial charge in [0, 0.05) is 6.04 Å². The van der Waals surface area contributed by atoms with Crippen LogP contribution in [0.4, 0.5) is 0 Å². The minimum absolute atomic E-state index is 0.146. The van der Waals surface area contributed by atoms with Gasteiger partial charge in [0.15, 0.2) is 0 Å². The van der Waals surface area contributed by atoms with Crippen LogP contribution in [0.25, 0.3) is 0 Å². The highest BCUT2D eigenvalue weighted by Gasteiger charge is 2.21. The van der Waals surface area contributed by atoms with E-state index in [1.54, 1.807) is 0 Å². The van der Waals surface area contributed by atoms with Crippen molar-refractivity contribution >= 4 is 0 Å². The van der Waals surface area contributed by atoms with E-state index in [1.807, 2.05) is 13.8 Å². The molecule has 0 radical (unpaired) electrons. The van der Waals surface area contributed by atoms with Gasteiger partial charge in [0.2, 0.25) is 0 Å². The number of nitrogens with two attached hydrogens (primary N) is 1. The fourth-order valence-corrected chi connectivity index (χ4v) is 1.92. The molecule has 2 N–H and O–H groups in total. The summed E-state index contributed by atoms with van der Waals surface area (Å²) in [5.74, 6) is 0. The second-order valence-electron chi connectivity index (χ2n) is 4.43. The Balaban J connectivity index is 2.00. The first kappa shape index (κ1) is 11.3. The van der Waals surface area contributed by atoms with Crippen molar-refractivity contribution in [2.45, 2.75) is 51.7 Å². The lowest BCUT2D eigenvalue weighted by atomic mass is 9.94. The molecule has 1 saturated carbocycles. The van der Waals surface area contributed by atoms with E-state index in [1.165, 1.54) is 0 Å². The zero-order chi connectivity index (χ0) is 11.5. The quantitative estimate of drug-likeness (QED) is 0.812. The number of aromatic nitrogens is 3. The first-order valence-corrected chi connectivity index (χ1v) is 5.75. The molecule has 1 aromatic heterocycles. The van der Waals surface area contributed by atoms with Crippen LogP contribution in [0, 0.1) is 13.8 Å². The molecule has 1 fully saturated rings. The summed E-state index contributed by atoms with van der Waals surface area (Å²) in [5, 5.41) is 7.93. The topological polar surface area (TPSA) is 73.9 Å². The zero-order valence-electron chi connectivity index (χ0n) is 9.81. The maximum atomic E-state index is 5.90. The molecular formula is C11H18N4O. The number of ether oxygens (including phenoxy) is 1. The van der Waals surface area contributed by atoms with Gasteiger partial charge in [-0.2, -0.15) is 4.98 Å². The van der Waals surface area contributed by atoms with E-state index in [2.05, 4.69) is 15.2 Å². The highest BCUT2D eigenvalue weighted by molar-refractivity contribution is 5.07. The number of aryl methyl sites for hydroxylation is 2. The molecular weight excluding hydrogens is 204 g/mol. The van der Waals surface area contributed by atoms with Crippen LogP contribution in [0.15, 0.2) is 0 Å². The van der Waals surface area contributed by atoms with Crippen molar-refractivity contribution in [3.8, 4) is 6.01 Å². The summed E-state index contributed by atoms with van der Waals surface area (Å²) in [4.78, 5) is 4.26. The van der Waals surface area contributed by atoms with Crippen LogP contribution >= 0.6 is 0 Å². The number of rotatable bonds is 2. The average Bonchev–Trinajstić information content (AvgIpc) is 2.24. The van der Waals surface area contributed by atoms with Gasteiger partial charge < -0.3 is 10.5 Å². The summed E-state index contributed by atoms with van der Waals surface area (Å²) in [7, 11) is 0. The Bertz CT molecular complexity index is 369. The highest BCUT2D eigenvalue weighted by atomic mass is 16.5. The SMILES string of the molecule is Cc1nnc(OC2CCCC(N)C2)nc1C. The average molecular weight is 222 g/mol. The Kier molecular flexibility index (Phi) is 3.33. The van der Waals surface area contributed by atoms with Crippen molar-refractivity contribution < 1.29 is 4.74 Å². The van der Waals surface area contributed by atoms with Gasteiger partial charge in [-0.1, -0.05) is 5.10 Å². The van der Waals surface area contributed by atoms with E-state index >= 15 is 0 Å². The Morgan fingerprint density at radius 1 is 1.19 bits per heavy atom. The van der Waals surface area contributed by atoms with Gasteiger partial charge in [-0.05, 0) is 39.5 Å². The van der Waals surface area contributed by atoms with Gasteiger partial charge in [-0.15, -0.1) is 5.10 Å². The normalized spacial score (nSPS) is 25.4. The molecule has 2 unspecified atom stereocenters. The summed E-state index contributed by atoms with van der Waals surface area (Å²) in [6, 6.07) is 0.625. The molecule has 5 heteroatoms. The molecule has 1 aliphatic carbocycles. The maximum absolute atomic E-state index is 5.90. The molecule has 88 valence electrons. The summed E-state index contributed by atoms with van der Waals surface area (Å²) in [6.07, 6.45) is 4.27. The van der Waals surface area contributed by atoms with Gasteiger partial charge in [-0.25, -0.2) is 0 Å². The van der Waals surface area contributed by atoms with Crippen molar-refractivity contribution in [3.63, 3.8) is 0 Å². The van der Waals surface area contributed by atoms with Crippen LogP contribution in [-0.2, 0) is 0 Å². The van der Waals surface area contributed by atoms with Crippen LogP contribution in [0.2, 0.25) is 0 Å². The summed E-state index contributed by atoms with van der Waals surface area (Å²) >= 11 is 0. The lowest BCUT2D eigenvalue weighted by Crippen LogP contribution is -2.34. The van der Waals surface area contributed by atoms with E-state index in [9.17, 15) is 0 Å². The van der Waals surface area contributed by atoms with Crippen LogP contribution in [0.1, 0.15) is 37.1 Å². The van der Waals surface area contributed by atoms with Crippen molar-refractivity contribution in [2.24, 2.45) is 5.73 Å². The molecule has 16 heavy (non-hydrogen) atoms. The number of nitrogens with zero attached hydrogens (tertiary/aromatic N) is 3. The Labute approximate surface area is 95.4 Å². The zero-order valence-corrected chi connectivity index (χ0v) is 9.81. The number of hydrogen-bond acceptors (Lipinski definition) is 5. The third-order valence-electron chi connectivity index (χ3n) is 3.01. The van der Waals surface area contributed by atoms with Gasteiger partial charge in [0.05, 0.1) is 11.4 Å². The van der Waals surface area contributed by atoms with Gasteiger partial charge in [0.25, 0.3) is 0 Å². The van der Waals surface area contributed by atoms with Crippen LogP contribution in [0.3, 0.4) is 0 Å². The molecule has 0 bridgehead atoms. The lowest BCUT2D eigenvalue weighted by Gasteiger charge is -2.26. The molecule has 0 saturated heterocycles. The van der Waals surface area contributed by atoms with Crippen molar-refractivity contribution in [3.05, 3.63) is 11.4 Å². The second-order valence-corrected chi connectivity index (χ2v) is 4.43. The van der Waals surface area contributed by atoms with E-state index in [0.29, 0.717) is 6.01 Å². The van der Waals surface area contributed by atoms with Crippen molar-refractivity contribution in [1.82, 2.24) is 15.2 Å². The molecule has 5 nitrogen and oxygen atoms in total. The van der Waals surface area contributed by atoms with Crippen LogP contribution < -0.4 is 10.5 Å². The van der Waals surface area contributed by atoms with Gasteiger partial charge in [-0.3, -0.25) is 0 Å². The van der Waals surface area contributed by atoms with Crippen LogP contribution in [0.5, 0.6) is 6.01 Å². The molecule has 0 spiro atoms. The van der Waals surface area contributed by atoms with Crippen molar-refractivity contribution in [2.75, 3.05) is 0 Å². The Morgan fingerprint density at radius 2 is 2.00 bits per heavy atom. The minimum Gasteiger partial charge on any atom is -0.459 e. The van der Waals surface area contributed by atoms with E-state index in [0.717, 1.165) is 37.1 Å². The first-order chi connectivity index (χ1) is 7.65. The van der Waals surface area contributed by atoms with E-state index in [4.69, 9.17) is 10.5 Å². The Morgan fingerprint density at radius 3 is 2.69 bits per heavy atom. The second kappa shape index (κ2) is 4.74. The molecule has 1 aliphatic rings. The maximum Gasteiger partial charge on any atom is 0.336 e. The molecule has 0 amide bonds.